The number of pyridine rings is 2. The number of carbonyl (C=O) groups is 1. The first-order valence-corrected chi connectivity index (χ1v) is 29.0. The van der Waals surface area contributed by atoms with Crippen molar-refractivity contribution in [2.24, 2.45) is 28.2 Å². The number of nitrogens with two attached hydrogens (primary N) is 4. The fourth-order valence-electron chi connectivity index (χ4n) is 13.4. The second-order valence-electron chi connectivity index (χ2n) is 23.5. The second kappa shape index (κ2) is 22.7. The molecule has 25 heteroatoms. The standard InChI is InChI=1S/C20H26N8.C20H27N7.C17H19ClN8O.CH4/c1-12-10-23-15(22)9-13(12)17-18-19(27-26-17)25-16(11-24-18)28-7-5-20(6-8-28)4-2-3-14(20)21;1-12-5-4-6-20(12)7-9-27(10-8-20)15-11-21-18-17(25-26-19(18)22-15)16-13(2)23-24-14(16)3;1-9(27)17(20)3-6-26(7-4-17)11-8-22-14-13(24-25-16(14)23-11)10-2-5-21-15(19)12(10)18;/h9-11,14H,2-8,21H2,1H3,(H2,22,23)(H,25,26,27);11-12H,4-10H2,1-3H3,(H,23,24)(H,22,25,26);2,5,8H,3-4,6-7,20H2,1H3,(H2,19,21)(H,23,24,25);1H4/t14-;12-;;/m11../s1. The zero-order chi connectivity index (χ0) is 57.1. The Hall–Kier alpha value is -7.96. The molecule has 9 aromatic rings. The van der Waals surface area contributed by atoms with Crippen LogP contribution in [-0.2, 0) is 4.79 Å². The van der Waals surface area contributed by atoms with Gasteiger partial charge in [0.2, 0.25) is 16.9 Å². The largest absolute Gasteiger partial charge is 0.384 e. The molecule has 83 heavy (non-hydrogen) atoms. The van der Waals surface area contributed by atoms with Crippen molar-refractivity contribution in [3.05, 3.63) is 65.1 Å². The first kappa shape index (κ1) is 56.9. The summed E-state index contributed by atoms with van der Waals surface area (Å²) in [6.07, 6.45) is 22.7. The van der Waals surface area contributed by atoms with E-state index in [1.807, 2.05) is 39.2 Å². The van der Waals surface area contributed by atoms with Gasteiger partial charge in [-0.05, 0) is 120 Å². The second-order valence-corrected chi connectivity index (χ2v) is 23.9. The van der Waals surface area contributed by atoms with E-state index in [0.717, 1.165) is 107 Å². The molecule has 5 fully saturated rings. The van der Waals surface area contributed by atoms with Crippen LogP contribution in [0.1, 0.15) is 115 Å². The molecule has 12 heterocycles. The van der Waals surface area contributed by atoms with Crippen molar-refractivity contribution in [1.29, 1.82) is 0 Å². The van der Waals surface area contributed by atoms with Crippen LogP contribution in [0.2, 0.25) is 5.02 Å². The average molecular weight is 1150 g/mol. The van der Waals surface area contributed by atoms with Crippen molar-refractivity contribution in [3.8, 4) is 33.8 Å². The Morgan fingerprint density at radius 1 is 0.627 bits per heavy atom. The summed E-state index contributed by atoms with van der Waals surface area (Å²) in [6, 6.07) is 3.94. The number of hydrogen-bond acceptors (Lipinski definition) is 20. The number of nitrogen functional groups attached to an aromatic ring is 2. The lowest BCUT2D eigenvalue weighted by Crippen LogP contribution is -2.55. The third-order valence-corrected chi connectivity index (χ3v) is 19.3. The highest BCUT2D eigenvalue weighted by atomic mass is 35.5. The molecule has 436 valence electrons. The minimum atomic E-state index is -0.744. The van der Waals surface area contributed by atoms with Gasteiger partial charge in [0.25, 0.3) is 0 Å². The van der Waals surface area contributed by atoms with E-state index in [2.05, 4.69) is 87.3 Å². The van der Waals surface area contributed by atoms with E-state index in [-0.39, 0.29) is 19.0 Å². The van der Waals surface area contributed by atoms with Gasteiger partial charge in [-0.2, -0.15) is 20.4 Å². The monoisotopic (exact) mass is 1150 g/mol. The highest BCUT2D eigenvalue weighted by molar-refractivity contribution is 6.35. The summed E-state index contributed by atoms with van der Waals surface area (Å²) >= 11 is 6.26. The SMILES string of the molecule is C.CC(=O)C1(N)CCN(c2cnc3c(-c4ccnc(N)c4Cl)[nH]nc3n2)CC1.Cc1cnc(N)cc1-c1[nH]nc2nc(N3CCC4(CCC[C@H]4N)CC3)cnc12.Cc1n[nH]c(C)c1-c1[nH]nc2nc(N3CCC4(CCC[C@H]4C)CC3)cnc12. The summed E-state index contributed by atoms with van der Waals surface area (Å²) < 4.78 is 0. The zero-order valence-electron chi connectivity index (χ0n) is 47.2. The van der Waals surface area contributed by atoms with Crippen molar-refractivity contribution in [1.82, 2.24) is 80.7 Å². The summed E-state index contributed by atoms with van der Waals surface area (Å²) in [4.78, 5) is 54.7. The van der Waals surface area contributed by atoms with E-state index in [4.69, 9.17) is 49.5 Å². The molecule has 0 unspecified atom stereocenters. The molecule has 3 saturated heterocycles. The van der Waals surface area contributed by atoms with Gasteiger partial charge in [-0.25, -0.2) is 39.9 Å². The van der Waals surface area contributed by atoms with Crippen LogP contribution in [0.5, 0.6) is 0 Å². The minimum Gasteiger partial charge on any atom is -0.384 e. The van der Waals surface area contributed by atoms with Gasteiger partial charge in [-0.3, -0.25) is 25.2 Å². The maximum absolute atomic E-state index is 11.7. The Bertz CT molecular complexity index is 3780. The lowest BCUT2D eigenvalue weighted by Gasteiger charge is -2.42. The van der Waals surface area contributed by atoms with Crippen LogP contribution in [0.25, 0.3) is 67.3 Å². The van der Waals surface area contributed by atoms with Gasteiger partial charge < -0.3 is 37.6 Å². The number of aromatic amines is 4. The van der Waals surface area contributed by atoms with Crippen molar-refractivity contribution in [2.45, 2.75) is 131 Å². The van der Waals surface area contributed by atoms with E-state index in [9.17, 15) is 4.79 Å². The fourth-order valence-corrected chi connectivity index (χ4v) is 13.6. The van der Waals surface area contributed by atoms with Crippen LogP contribution in [-0.4, -0.2) is 137 Å². The highest BCUT2D eigenvalue weighted by Crippen LogP contribution is 2.51. The van der Waals surface area contributed by atoms with Crippen molar-refractivity contribution >= 4 is 80.0 Å². The van der Waals surface area contributed by atoms with Gasteiger partial charge in [0.15, 0.2) is 0 Å². The minimum absolute atomic E-state index is 0. The number of piperidine rings is 3. The lowest BCUT2D eigenvalue weighted by atomic mass is 9.71. The van der Waals surface area contributed by atoms with Crippen molar-refractivity contribution in [2.75, 3.05) is 65.4 Å². The molecule has 14 rings (SSSR count). The van der Waals surface area contributed by atoms with Crippen molar-refractivity contribution in [3.63, 3.8) is 0 Å². The van der Waals surface area contributed by atoms with E-state index in [1.165, 1.54) is 51.4 Å². The molecule has 0 bridgehead atoms. The molecule has 5 aliphatic rings. The van der Waals surface area contributed by atoms with Crippen LogP contribution in [0.3, 0.4) is 0 Å². The predicted octanol–water partition coefficient (Wildman–Crippen LogP) is 8.34. The molecule has 2 atom stereocenters. The summed E-state index contributed by atoms with van der Waals surface area (Å²) in [5.41, 5.74) is 36.3. The summed E-state index contributed by atoms with van der Waals surface area (Å²) in [6.45, 7) is 15.4. The molecule has 12 N–H and O–H groups in total. The molecule has 2 saturated carbocycles. The summed E-state index contributed by atoms with van der Waals surface area (Å²) in [7, 11) is 0. The van der Waals surface area contributed by atoms with E-state index in [1.54, 1.807) is 31.6 Å². The number of ketones is 1. The maximum atomic E-state index is 11.7. The van der Waals surface area contributed by atoms with Crippen molar-refractivity contribution < 1.29 is 4.79 Å². The topological polar surface area (TPSA) is 349 Å². The van der Waals surface area contributed by atoms with E-state index in [0.29, 0.717) is 93.2 Å². The number of aryl methyl sites for hydroxylation is 3. The van der Waals surface area contributed by atoms with E-state index < -0.39 is 5.54 Å². The van der Waals surface area contributed by atoms with Crippen LogP contribution < -0.4 is 37.6 Å². The fraction of sp³-hybridized carbons (Fsp3) is 0.500. The third kappa shape index (κ3) is 10.6. The van der Waals surface area contributed by atoms with Gasteiger partial charge in [-0.1, -0.05) is 45.2 Å². The molecule has 3 aliphatic heterocycles. The first-order valence-electron chi connectivity index (χ1n) is 28.6. The maximum Gasteiger partial charge on any atom is 0.202 e. The number of hydrogen-bond donors (Lipinski definition) is 8. The number of fused-ring (bicyclic) bond motifs is 3. The highest BCUT2D eigenvalue weighted by Gasteiger charge is 2.44. The number of nitrogens with zero attached hydrogens (tertiary/aromatic N) is 15. The van der Waals surface area contributed by atoms with Gasteiger partial charge >= 0.3 is 0 Å². The number of halogens is 1. The zero-order valence-corrected chi connectivity index (χ0v) is 48.0. The normalized spacial score (nSPS) is 19.9. The number of Topliss-reactive ketones (excluding diaryl/α,β-unsaturated/α-hetero) is 1. The molecule has 9 aromatic heterocycles. The Labute approximate surface area is 486 Å². The number of rotatable bonds is 7. The smallest absolute Gasteiger partial charge is 0.202 e. The van der Waals surface area contributed by atoms with Gasteiger partial charge in [0.05, 0.1) is 51.9 Å². The third-order valence-electron chi connectivity index (χ3n) is 18.9. The van der Waals surface area contributed by atoms with Crippen LogP contribution >= 0.6 is 11.6 Å². The van der Waals surface area contributed by atoms with Gasteiger partial charge in [0.1, 0.15) is 51.4 Å². The number of carbonyl (C=O) groups excluding carboxylic acids is 1. The Morgan fingerprint density at radius 2 is 1.12 bits per heavy atom. The quantitative estimate of drug-likeness (QED) is 0.0743. The molecule has 24 nitrogen and oxygen atoms in total. The van der Waals surface area contributed by atoms with Gasteiger partial charge in [-0.15, -0.1) is 0 Å². The van der Waals surface area contributed by atoms with Crippen LogP contribution in [0.4, 0.5) is 29.1 Å². The van der Waals surface area contributed by atoms with E-state index >= 15 is 0 Å². The molecule has 0 amide bonds. The summed E-state index contributed by atoms with van der Waals surface area (Å²) in [5.74, 6) is 4.13. The Kier molecular flexibility index (Phi) is 15.5. The molecular formula is C58H76ClN23O. The van der Waals surface area contributed by atoms with Crippen LogP contribution in [0, 0.1) is 37.5 Å². The summed E-state index contributed by atoms with van der Waals surface area (Å²) in [5, 5.41) is 29.9. The first-order chi connectivity index (χ1) is 39.5. The Morgan fingerprint density at radius 3 is 1.61 bits per heavy atom. The number of nitrogens with one attached hydrogen (secondary N) is 4. The molecule has 2 aliphatic carbocycles. The molecule has 0 aromatic carbocycles. The molecule has 2 spiro atoms. The Balaban J connectivity index is 0.000000130. The number of anilines is 5. The predicted molar refractivity (Wildman–Crippen MR) is 326 cm³/mol. The number of aromatic nitrogens is 16. The van der Waals surface area contributed by atoms with Gasteiger partial charge in [0, 0.05) is 80.1 Å². The molecule has 0 radical (unpaired) electrons. The van der Waals surface area contributed by atoms with Crippen LogP contribution in [0.15, 0.2) is 43.1 Å². The average Bonchev–Trinajstić information content (AvgIpc) is 4.14. The lowest BCUT2D eigenvalue weighted by molar-refractivity contribution is -0.122. The molecular weight excluding hydrogens is 1070 g/mol. The number of H-pyrrole nitrogens is 4.